The Morgan fingerprint density at radius 1 is 1.44 bits per heavy atom. The maximum atomic E-state index is 13.3. The van der Waals surface area contributed by atoms with Gasteiger partial charge in [-0.15, -0.1) is 0 Å². The summed E-state index contributed by atoms with van der Waals surface area (Å²) in [6.45, 7) is -0.491. The van der Waals surface area contributed by atoms with Gasteiger partial charge < -0.3 is 10.4 Å². The van der Waals surface area contributed by atoms with Gasteiger partial charge in [0.05, 0.1) is 0 Å². The van der Waals surface area contributed by atoms with Gasteiger partial charge in [0.15, 0.2) is 0 Å². The Morgan fingerprint density at radius 2 is 2.12 bits per heavy atom. The van der Waals surface area contributed by atoms with Crippen molar-refractivity contribution in [3.63, 3.8) is 0 Å². The van der Waals surface area contributed by atoms with Gasteiger partial charge in [-0.3, -0.25) is 9.59 Å². The second kappa shape index (κ2) is 5.50. The minimum absolute atomic E-state index is 0.0873. The molecule has 0 heterocycles. The van der Waals surface area contributed by atoms with Crippen LogP contribution in [0.25, 0.3) is 0 Å². The Balaban J connectivity index is 2.77. The molecule has 0 spiro atoms. The van der Waals surface area contributed by atoms with Crippen LogP contribution in [0.15, 0.2) is 18.2 Å². The molecule has 0 saturated carbocycles. The Morgan fingerprint density at radius 3 is 2.62 bits per heavy atom. The normalized spacial score (nSPS) is 9.88. The van der Waals surface area contributed by atoms with Gasteiger partial charge in [0.1, 0.15) is 12.4 Å². The van der Waals surface area contributed by atoms with Crippen LogP contribution in [0.3, 0.4) is 0 Å². The number of carbonyl (C=O) groups is 2. The summed E-state index contributed by atoms with van der Waals surface area (Å²) < 4.78 is 13.3. The third-order valence-corrected chi connectivity index (χ3v) is 2.23. The predicted octanol–water partition coefficient (Wildman–Crippen LogP) is 1.07. The number of thiol groups is 1. The van der Waals surface area contributed by atoms with Crippen molar-refractivity contribution in [1.82, 2.24) is 5.32 Å². The van der Waals surface area contributed by atoms with Gasteiger partial charge in [0.2, 0.25) is 0 Å². The lowest BCUT2D eigenvalue weighted by Gasteiger charge is -2.04. The van der Waals surface area contributed by atoms with E-state index in [4.69, 9.17) is 5.11 Å². The van der Waals surface area contributed by atoms with E-state index in [1.807, 2.05) is 0 Å². The van der Waals surface area contributed by atoms with Crippen molar-refractivity contribution in [3.8, 4) is 0 Å². The van der Waals surface area contributed by atoms with Crippen LogP contribution in [0.2, 0.25) is 0 Å². The highest BCUT2D eigenvalue weighted by molar-refractivity contribution is 7.79. The topological polar surface area (TPSA) is 66.4 Å². The highest BCUT2D eigenvalue weighted by Crippen LogP contribution is 2.12. The minimum atomic E-state index is -1.15. The zero-order chi connectivity index (χ0) is 12.1. The van der Waals surface area contributed by atoms with Gasteiger partial charge in [0, 0.05) is 11.3 Å². The predicted molar refractivity (Wildman–Crippen MR) is 59.1 cm³/mol. The fourth-order valence-corrected chi connectivity index (χ4v) is 1.33. The molecule has 0 aromatic heterocycles. The van der Waals surface area contributed by atoms with Crippen LogP contribution in [-0.2, 0) is 10.5 Å². The lowest BCUT2D eigenvalue weighted by atomic mass is 10.1. The molecule has 0 radical (unpaired) electrons. The summed E-state index contributed by atoms with van der Waals surface area (Å²) in [4.78, 5) is 21.5. The Kier molecular flexibility index (Phi) is 4.30. The standard InChI is InChI=1S/C10H10FNO3S/c11-8-3-6(1-2-7(8)5-16)10(15)12-4-9(13)14/h1-3,16H,4-5H2,(H,12,15)(H,13,14). The van der Waals surface area contributed by atoms with E-state index in [2.05, 4.69) is 17.9 Å². The zero-order valence-electron chi connectivity index (χ0n) is 8.24. The highest BCUT2D eigenvalue weighted by atomic mass is 32.1. The third-order valence-electron chi connectivity index (χ3n) is 1.89. The summed E-state index contributed by atoms with van der Waals surface area (Å²) in [5.41, 5.74) is 0.474. The number of amides is 1. The summed E-state index contributed by atoms with van der Waals surface area (Å²) in [5, 5.41) is 10.5. The van der Waals surface area contributed by atoms with Gasteiger partial charge in [-0.25, -0.2) is 4.39 Å². The van der Waals surface area contributed by atoms with E-state index in [-0.39, 0.29) is 11.3 Å². The molecule has 0 bridgehead atoms. The molecular weight excluding hydrogens is 233 g/mol. The number of carboxylic acids is 1. The van der Waals surface area contributed by atoms with Gasteiger partial charge in [-0.05, 0) is 17.7 Å². The van der Waals surface area contributed by atoms with Crippen LogP contribution in [0, 0.1) is 5.82 Å². The summed E-state index contributed by atoms with van der Waals surface area (Å²) in [6.07, 6.45) is 0. The molecule has 0 aliphatic carbocycles. The van der Waals surface area contributed by atoms with E-state index < -0.39 is 24.2 Å². The molecular formula is C10H10FNO3S. The number of benzene rings is 1. The molecule has 0 aliphatic heterocycles. The number of hydrogen-bond acceptors (Lipinski definition) is 3. The quantitative estimate of drug-likeness (QED) is 0.693. The van der Waals surface area contributed by atoms with Crippen molar-refractivity contribution in [2.24, 2.45) is 0 Å². The van der Waals surface area contributed by atoms with Crippen LogP contribution < -0.4 is 5.32 Å². The average Bonchev–Trinajstić information content (AvgIpc) is 2.25. The highest BCUT2D eigenvalue weighted by Gasteiger charge is 2.09. The van der Waals surface area contributed by atoms with E-state index in [1.165, 1.54) is 12.1 Å². The molecule has 0 fully saturated rings. The number of nitrogens with one attached hydrogen (secondary N) is 1. The lowest BCUT2D eigenvalue weighted by Crippen LogP contribution is -2.29. The Labute approximate surface area is 96.9 Å². The van der Waals surface area contributed by atoms with Gasteiger partial charge in [-0.1, -0.05) is 6.07 Å². The van der Waals surface area contributed by atoms with Crippen molar-refractivity contribution >= 4 is 24.5 Å². The molecule has 2 N–H and O–H groups in total. The van der Waals surface area contributed by atoms with Crippen molar-refractivity contribution in [1.29, 1.82) is 0 Å². The Hall–Kier alpha value is -1.56. The SMILES string of the molecule is O=C(O)CNC(=O)c1ccc(CS)c(F)c1. The van der Waals surface area contributed by atoms with Crippen molar-refractivity contribution in [3.05, 3.63) is 35.1 Å². The van der Waals surface area contributed by atoms with Crippen LogP contribution in [0.4, 0.5) is 4.39 Å². The first-order chi connectivity index (χ1) is 7.54. The summed E-state index contributed by atoms with van der Waals surface area (Å²) in [6, 6.07) is 3.92. The maximum Gasteiger partial charge on any atom is 0.322 e. The molecule has 1 rings (SSSR count). The number of halogens is 1. The third kappa shape index (κ3) is 3.23. The summed E-state index contributed by atoms with van der Waals surface area (Å²) in [7, 11) is 0. The fraction of sp³-hybridized carbons (Fsp3) is 0.200. The monoisotopic (exact) mass is 243 g/mol. The van der Waals surface area contributed by atoms with Gasteiger partial charge in [0.25, 0.3) is 5.91 Å². The maximum absolute atomic E-state index is 13.3. The molecule has 4 nitrogen and oxygen atoms in total. The van der Waals surface area contributed by atoms with Crippen molar-refractivity contribution in [2.75, 3.05) is 6.54 Å². The van der Waals surface area contributed by atoms with Gasteiger partial charge >= 0.3 is 5.97 Å². The number of rotatable bonds is 4. The number of carbonyl (C=O) groups excluding carboxylic acids is 1. The first kappa shape index (κ1) is 12.5. The lowest BCUT2D eigenvalue weighted by molar-refractivity contribution is -0.135. The molecule has 0 unspecified atom stereocenters. The van der Waals surface area contributed by atoms with Crippen LogP contribution >= 0.6 is 12.6 Å². The second-order valence-electron chi connectivity index (χ2n) is 3.04. The largest absolute Gasteiger partial charge is 0.480 e. The smallest absolute Gasteiger partial charge is 0.322 e. The van der Waals surface area contributed by atoms with Crippen molar-refractivity contribution in [2.45, 2.75) is 5.75 Å². The minimum Gasteiger partial charge on any atom is -0.480 e. The average molecular weight is 243 g/mol. The van der Waals surface area contributed by atoms with Crippen molar-refractivity contribution < 1.29 is 19.1 Å². The first-order valence-corrected chi connectivity index (χ1v) is 5.07. The molecule has 1 aromatic rings. The van der Waals surface area contributed by atoms with E-state index in [0.717, 1.165) is 6.07 Å². The number of carboxylic acid groups (broad SMARTS) is 1. The van der Waals surface area contributed by atoms with E-state index in [0.29, 0.717) is 5.56 Å². The molecule has 86 valence electrons. The first-order valence-electron chi connectivity index (χ1n) is 4.44. The number of hydrogen-bond donors (Lipinski definition) is 3. The van der Waals surface area contributed by atoms with Crippen LogP contribution in [0.5, 0.6) is 0 Å². The van der Waals surface area contributed by atoms with E-state index in [9.17, 15) is 14.0 Å². The Bertz CT molecular complexity index is 423. The fourth-order valence-electron chi connectivity index (χ4n) is 1.07. The zero-order valence-corrected chi connectivity index (χ0v) is 9.13. The molecule has 1 aromatic carbocycles. The molecule has 1 amide bonds. The summed E-state index contributed by atoms with van der Waals surface area (Å²) >= 11 is 3.92. The molecule has 16 heavy (non-hydrogen) atoms. The van der Waals surface area contributed by atoms with E-state index in [1.54, 1.807) is 0 Å². The van der Waals surface area contributed by atoms with Gasteiger partial charge in [-0.2, -0.15) is 12.6 Å². The molecule has 0 aliphatic rings. The summed E-state index contributed by atoms with van der Waals surface area (Å²) in [5.74, 6) is -2.06. The molecule has 6 heteroatoms. The molecule has 0 atom stereocenters. The van der Waals surface area contributed by atoms with E-state index >= 15 is 0 Å². The molecule has 0 saturated heterocycles. The second-order valence-corrected chi connectivity index (χ2v) is 3.36. The van der Waals surface area contributed by atoms with Crippen LogP contribution in [0.1, 0.15) is 15.9 Å². The number of aliphatic carboxylic acids is 1. The van der Waals surface area contributed by atoms with Crippen LogP contribution in [-0.4, -0.2) is 23.5 Å².